The molecule has 1 amide bonds. The van der Waals surface area contributed by atoms with E-state index >= 15 is 0 Å². The molecule has 1 heterocycles. The fourth-order valence-corrected chi connectivity index (χ4v) is 4.32. The molecular formula is C23H34BN2O4S. The van der Waals surface area contributed by atoms with Crippen LogP contribution in [0.3, 0.4) is 0 Å². The van der Waals surface area contributed by atoms with Crippen LogP contribution in [0, 0.1) is 5.41 Å². The monoisotopic (exact) mass is 445 g/mol. The van der Waals surface area contributed by atoms with Crippen LogP contribution in [-0.4, -0.2) is 39.1 Å². The summed E-state index contributed by atoms with van der Waals surface area (Å²) in [6.07, 6.45) is 3.91. The van der Waals surface area contributed by atoms with Crippen molar-refractivity contribution >= 4 is 34.6 Å². The Morgan fingerprint density at radius 3 is 2.55 bits per heavy atom. The van der Waals surface area contributed by atoms with Gasteiger partial charge in [-0.1, -0.05) is 51.9 Å². The average molecular weight is 445 g/mol. The van der Waals surface area contributed by atoms with E-state index in [2.05, 4.69) is 31.3 Å². The highest BCUT2D eigenvalue weighted by Crippen LogP contribution is 2.29. The van der Waals surface area contributed by atoms with Crippen LogP contribution in [0.2, 0.25) is 0 Å². The Morgan fingerprint density at radius 2 is 1.90 bits per heavy atom. The summed E-state index contributed by atoms with van der Waals surface area (Å²) in [6.45, 7) is 10.1. The van der Waals surface area contributed by atoms with Crippen molar-refractivity contribution < 1.29 is 18.0 Å². The van der Waals surface area contributed by atoms with Crippen molar-refractivity contribution in [3.8, 4) is 0 Å². The molecule has 0 aliphatic carbocycles. The quantitative estimate of drug-likeness (QED) is 0.540. The lowest BCUT2D eigenvalue weighted by Gasteiger charge is -2.27. The van der Waals surface area contributed by atoms with Crippen LogP contribution >= 0.6 is 0 Å². The molecule has 6 nitrogen and oxygen atoms in total. The molecule has 0 aromatic heterocycles. The lowest BCUT2D eigenvalue weighted by atomic mass is 9.57. The number of rotatable bonds is 10. The fourth-order valence-electron chi connectivity index (χ4n) is 3.77. The minimum Gasteiger partial charge on any atom is -0.361 e. The maximum Gasteiger partial charge on any atom is 0.219 e. The lowest BCUT2D eigenvalue weighted by molar-refractivity contribution is -0.126. The molecule has 1 atom stereocenters. The molecule has 1 aliphatic heterocycles. The zero-order chi connectivity index (χ0) is 23.2. The Bertz CT molecular complexity index is 935. The maximum atomic E-state index is 12.1. The SMILES string of the molecule is C=C(CCCC(=O)C(C)(C)C)c1cccc2c1C[B]C(NC(=O)CCCS(N)(=O)=O)C2. The smallest absolute Gasteiger partial charge is 0.219 e. The first-order valence-corrected chi connectivity index (χ1v) is 12.5. The summed E-state index contributed by atoms with van der Waals surface area (Å²) >= 11 is 0. The number of carbonyl (C=O) groups is 2. The maximum absolute atomic E-state index is 12.1. The second-order valence-corrected chi connectivity index (χ2v) is 11.1. The Kier molecular flexibility index (Phi) is 8.66. The van der Waals surface area contributed by atoms with E-state index in [1.807, 2.05) is 26.8 Å². The van der Waals surface area contributed by atoms with Crippen LogP contribution in [0.25, 0.3) is 5.57 Å². The Balaban J connectivity index is 1.91. The van der Waals surface area contributed by atoms with E-state index in [0.29, 0.717) is 12.8 Å². The molecule has 169 valence electrons. The van der Waals surface area contributed by atoms with Gasteiger partial charge < -0.3 is 5.32 Å². The van der Waals surface area contributed by atoms with Crippen molar-refractivity contribution in [1.29, 1.82) is 0 Å². The number of nitrogens with two attached hydrogens (primary N) is 1. The number of hydrogen-bond acceptors (Lipinski definition) is 4. The molecular weight excluding hydrogens is 411 g/mol. The third-order valence-electron chi connectivity index (χ3n) is 5.60. The molecule has 0 bridgehead atoms. The molecule has 1 aliphatic rings. The van der Waals surface area contributed by atoms with E-state index < -0.39 is 10.0 Å². The topological polar surface area (TPSA) is 106 Å². The first-order chi connectivity index (χ1) is 14.4. The number of ketones is 1. The lowest BCUT2D eigenvalue weighted by Crippen LogP contribution is -2.44. The van der Waals surface area contributed by atoms with Crippen LogP contribution in [0.15, 0.2) is 24.8 Å². The summed E-state index contributed by atoms with van der Waals surface area (Å²) in [6, 6.07) is 6.16. The van der Waals surface area contributed by atoms with Gasteiger partial charge in [0.25, 0.3) is 0 Å². The van der Waals surface area contributed by atoms with E-state index in [4.69, 9.17) is 5.14 Å². The molecule has 3 N–H and O–H groups in total. The van der Waals surface area contributed by atoms with E-state index in [0.717, 1.165) is 30.3 Å². The number of fused-ring (bicyclic) bond motifs is 1. The van der Waals surface area contributed by atoms with E-state index in [9.17, 15) is 18.0 Å². The summed E-state index contributed by atoms with van der Waals surface area (Å²) in [5, 5.41) is 7.94. The normalized spacial score (nSPS) is 16.2. The van der Waals surface area contributed by atoms with Crippen LogP contribution in [0.5, 0.6) is 0 Å². The number of Topliss-reactive ketones (excluding diaryl/α,β-unsaturated/α-hetero) is 1. The standard InChI is InChI=1S/C23H34BN2O4S/c1-16(8-5-11-20(27)23(2,3)4)18-10-6-9-17-14-21(24-15-19(17)18)26-22(28)12-7-13-31(25,29)30/h6,9-10,21H,1,5,7-8,11-15H2,2-4H3,(H,26,28)(H2,25,29,30). The van der Waals surface area contributed by atoms with Crippen LogP contribution in [0.4, 0.5) is 0 Å². The molecule has 1 aromatic carbocycles. The highest BCUT2D eigenvalue weighted by Gasteiger charge is 2.24. The zero-order valence-electron chi connectivity index (χ0n) is 18.9. The van der Waals surface area contributed by atoms with E-state index in [1.54, 1.807) is 0 Å². The third-order valence-corrected chi connectivity index (χ3v) is 6.46. The van der Waals surface area contributed by atoms with Gasteiger partial charge in [-0.15, -0.1) is 0 Å². The second-order valence-electron chi connectivity index (χ2n) is 9.36. The summed E-state index contributed by atoms with van der Waals surface area (Å²) < 4.78 is 22.0. The predicted molar refractivity (Wildman–Crippen MR) is 126 cm³/mol. The predicted octanol–water partition coefficient (Wildman–Crippen LogP) is 2.76. The van der Waals surface area contributed by atoms with Gasteiger partial charge >= 0.3 is 0 Å². The van der Waals surface area contributed by atoms with Gasteiger partial charge in [0.1, 0.15) is 13.1 Å². The van der Waals surface area contributed by atoms with Gasteiger partial charge in [0, 0.05) is 24.2 Å². The minimum atomic E-state index is -3.54. The number of primary sulfonamides is 1. The van der Waals surface area contributed by atoms with Crippen LogP contribution in [0.1, 0.15) is 69.6 Å². The number of carbonyl (C=O) groups excluding carboxylic acids is 2. The third kappa shape index (κ3) is 8.26. The minimum absolute atomic E-state index is 0.0811. The van der Waals surface area contributed by atoms with Gasteiger partial charge in [-0.05, 0) is 47.9 Å². The van der Waals surface area contributed by atoms with Gasteiger partial charge in [-0.3, -0.25) is 9.59 Å². The highest BCUT2D eigenvalue weighted by molar-refractivity contribution is 7.89. The Morgan fingerprint density at radius 1 is 1.19 bits per heavy atom. The van der Waals surface area contributed by atoms with Gasteiger partial charge in [0.2, 0.25) is 15.9 Å². The molecule has 0 spiro atoms. The van der Waals surface area contributed by atoms with Crippen LogP contribution < -0.4 is 10.5 Å². The number of benzene rings is 1. The average Bonchev–Trinajstić information content (AvgIpc) is 2.65. The Hall–Kier alpha value is -1.93. The molecule has 31 heavy (non-hydrogen) atoms. The number of amides is 1. The molecule has 1 unspecified atom stereocenters. The summed E-state index contributed by atoms with van der Waals surface area (Å²) in [4.78, 5) is 24.3. The molecule has 0 saturated heterocycles. The van der Waals surface area contributed by atoms with Gasteiger partial charge in [-0.2, -0.15) is 0 Å². The first kappa shape index (κ1) is 25.3. The molecule has 0 fully saturated rings. The number of nitrogens with one attached hydrogen (secondary N) is 1. The Labute approximate surface area is 187 Å². The molecule has 0 saturated carbocycles. The van der Waals surface area contributed by atoms with E-state index in [-0.39, 0.29) is 41.6 Å². The van der Waals surface area contributed by atoms with Gasteiger partial charge in [0.05, 0.1) is 5.75 Å². The first-order valence-electron chi connectivity index (χ1n) is 10.8. The number of sulfonamides is 1. The summed E-state index contributed by atoms with van der Waals surface area (Å²) in [5.41, 5.74) is 4.28. The van der Waals surface area contributed by atoms with E-state index in [1.165, 1.54) is 11.1 Å². The highest BCUT2D eigenvalue weighted by atomic mass is 32.2. The molecule has 1 radical (unpaired) electrons. The van der Waals surface area contributed by atoms with Crippen molar-refractivity contribution in [3.05, 3.63) is 41.5 Å². The number of allylic oxidation sites excluding steroid dienone is 1. The fraction of sp³-hybridized carbons (Fsp3) is 0.565. The van der Waals surface area contributed by atoms with Crippen molar-refractivity contribution in [1.82, 2.24) is 5.32 Å². The number of hydrogen-bond donors (Lipinski definition) is 2. The van der Waals surface area contributed by atoms with Gasteiger partial charge in [0.15, 0.2) is 0 Å². The van der Waals surface area contributed by atoms with Crippen molar-refractivity contribution in [2.24, 2.45) is 10.6 Å². The zero-order valence-corrected chi connectivity index (χ0v) is 19.7. The molecule has 2 rings (SSSR count). The van der Waals surface area contributed by atoms with Crippen LogP contribution in [-0.2, 0) is 32.4 Å². The summed E-state index contributed by atoms with van der Waals surface area (Å²) in [5.74, 6) is -0.170. The largest absolute Gasteiger partial charge is 0.361 e. The van der Waals surface area contributed by atoms with Crippen molar-refractivity contribution in [2.75, 3.05) is 5.75 Å². The van der Waals surface area contributed by atoms with Crippen molar-refractivity contribution in [2.45, 2.75) is 71.6 Å². The molecule has 1 aromatic rings. The molecule has 8 heteroatoms. The van der Waals surface area contributed by atoms with Crippen molar-refractivity contribution in [3.63, 3.8) is 0 Å². The second kappa shape index (κ2) is 10.6. The summed E-state index contributed by atoms with van der Waals surface area (Å²) in [7, 11) is -1.46. The van der Waals surface area contributed by atoms with Gasteiger partial charge in [-0.25, -0.2) is 13.6 Å².